The minimum atomic E-state index is -3.59. The van der Waals surface area contributed by atoms with Gasteiger partial charge >= 0.3 is 12.1 Å². The first-order valence-electron chi connectivity index (χ1n) is 10.7. The third-order valence-corrected chi connectivity index (χ3v) is 6.99. The van der Waals surface area contributed by atoms with Gasteiger partial charge in [0.05, 0.1) is 27.6 Å². The number of carboxylic acid groups (broad SMARTS) is 1. The van der Waals surface area contributed by atoms with Crippen molar-refractivity contribution in [1.82, 2.24) is 4.98 Å². The van der Waals surface area contributed by atoms with Gasteiger partial charge in [0, 0.05) is 10.6 Å². The van der Waals surface area contributed by atoms with Crippen molar-refractivity contribution in [2.75, 3.05) is 10.6 Å². The van der Waals surface area contributed by atoms with Gasteiger partial charge < -0.3 is 15.2 Å². The first-order chi connectivity index (χ1) is 17.0. The summed E-state index contributed by atoms with van der Waals surface area (Å²) in [6.07, 6.45) is -1.29. The lowest BCUT2D eigenvalue weighted by molar-refractivity contribution is -0.141. The zero-order chi connectivity index (χ0) is 26.2. The maximum absolute atomic E-state index is 13.7. The van der Waals surface area contributed by atoms with E-state index in [-0.39, 0.29) is 5.69 Å². The molecule has 1 fully saturated rings. The van der Waals surface area contributed by atoms with Crippen LogP contribution < -0.4 is 10.6 Å². The number of nitrogens with one attached hydrogen (secondary N) is 2. The molecule has 0 saturated heterocycles. The van der Waals surface area contributed by atoms with Crippen LogP contribution in [0.5, 0.6) is 0 Å². The van der Waals surface area contributed by atoms with E-state index in [1.807, 2.05) is 0 Å². The molecular weight excluding hydrogens is 516 g/mol. The number of hydrogen-bond acceptors (Lipinski definition) is 6. The van der Waals surface area contributed by atoms with Crippen molar-refractivity contribution in [3.05, 3.63) is 64.1 Å². The number of hydrogen-bond donors (Lipinski definition) is 3. The number of carboxylic acids is 1. The lowest BCUT2D eigenvalue weighted by atomic mass is 10.1. The van der Waals surface area contributed by atoms with Crippen molar-refractivity contribution in [2.45, 2.75) is 25.9 Å². The van der Waals surface area contributed by atoms with Crippen LogP contribution in [-0.2, 0) is 14.3 Å². The standard InChI is InChI=1S/C24H20ClF2N3O5S/c1-11-15(29-21(31)18-19(22(32)33)24(18,26)27)7-8-16(28-11)20-17(9-10-36-20)30-23(34)35-12(2)13-5-3-4-6-14(13)25/h3-10,12,18-19H,1-2H3,(H,29,31)(H,30,34)(H,32,33). The molecular formula is C24H20ClF2N3O5S. The number of carbonyl (C=O) groups excluding carboxylic acids is 2. The number of aromatic nitrogens is 1. The summed E-state index contributed by atoms with van der Waals surface area (Å²) in [5.41, 5.74) is 2.08. The number of thiophene rings is 1. The molecule has 0 radical (unpaired) electrons. The Morgan fingerprint density at radius 1 is 1.11 bits per heavy atom. The molecule has 0 bridgehead atoms. The van der Waals surface area contributed by atoms with Gasteiger partial charge in [0.2, 0.25) is 5.91 Å². The first kappa shape index (κ1) is 25.5. The van der Waals surface area contributed by atoms with Crippen molar-refractivity contribution in [3.63, 3.8) is 0 Å². The topological polar surface area (TPSA) is 118 Å². The minimum Gasteiger partial charge on any atom is -0.481 e. The highest BCUT2D eigenvalue weighted by Crippen LogP contribution is 2.55. The van der Waals surface area contributed by atoms with Crippen molar-refractivity contribution in [1.29, 1.82) is 0 Å². The molecule has 1 aromatic carbocycles. The average molecular weight is 536 g/mol. The molecule has 1 saturated carbocycles. The SMILES string of the molecule is Cc1nc(-c2sccc2NC(=O)OC(C)c2ccccc2Cl)ccc1NC(=O)C1C(C(=O)O)C1(F)F. The van der Waals surface area contributed by atoms with E-state index in [2.05, 4.69) is 15.6 Å². The minimum absolute atomic E-state index is 0.176. The van der Waals surface area contributed by atoms with E-state index >= 15 is 0 Å². The van der Waals surface area contributed by atoms with Gasteiger partial charge in [-0.25, -0.2) is 13.6 Å². The van der Waals surface area contributed by atoms with Crippen molar-refractivity contribution in [2.24, 2.45) is 11.8 Å². The van der Waals surface area contributed by atoms with E-state index in [4.69, 9.17) is 21.4 Å². The second kappa shape index (κ2) is 9.82. The summed E-state index contributed by atoms with van der Waals surface area (Å²) in [7, 11) is 0. The van der Waals surface area contributed by atoms with Crippen molar-refractivity contribution in [3.8, 4) is 10.6 Å². The number of ether oxygens (including phenoxy) is 1. The quantitative estimate of drug-likeness (QED) is 0.342. The number of pyridine rings is 1. The van der Waals surface area contributed by atoms with Crippen LogP contribution in [0.2, 0.25) is 5.02 Å². The van der Waals surface area contributed by atoms with Gasteiger partial charge in [0.25, 0.3) is 5.92 Å². The van der Waals surface area contributed by atoms with E-state index in [0.29, 0.717) is 32.5 Å². The molecule has 36 heavy (non-hydrogen) atoms. The summed E-state index contributed by atoms with van der Waals surface area (Å²) < 4.78 is 32.7. The molecule has 1 aliphatic carbocycles. The van der Waals surface area contributed by atoms with Gasteiger partial charge in [0.15, 0.2) is 0 Å². The van der Waals surface area contributed by atoms with Gasteiger partial charge in [-0.2, -0.15) is 0 Å². The third-order valence-electron chi connectivity index (χ3n) is 5.71. The first-order valence-corrected chi connectivity index (χ1v) is 12.0. The molecule has 2 amide bonds. The zero-order valence-electron chi connectivity index (χ0n) is 18.9. The second-order valence-electron chi connectivity index (χ2n) is 8.14. The summed E-state index contributed by atoms with van der Waals surface area (Å²) >= 11 is 7.46. The largest absolute Gasteiger partial charge is 0.481 e. The molecule has 12 heteroatoms. The smallest absolute Gasteiger partial charge is 0.412 e. The lowest BCUT2D eigenvalue weighted by Gasteiger charge is -2.15. The lowest BCUT2D eigenvalue weighted by Crippen LogP contribution is -2.19. The van der Waals surface area contributed by atoms with Gasteiger partial charge in [-0.3, -0.25) is 19.9 Å². The maximum atomic E-state index is 13.7. The fourth-order valence-corrected chi connectivity index (χ4v) is 4.87. The number of nitrogens with zero attached hydrogens (tertiary/aromatic N) is 1. The van der Waals surface area contributed by atoms with Gasteiger partial charge in [-0.05, 0) is 43.5 Å². The Morgan fingerprint density at radius 2 is 1.83 bits per heavy atom. The molecule has 4 rings (SSSR count). The van der Waals surface area contributed by atoms with Crippen LogP contribution in [-0.4, -0.2) is 34.0 Å². The number of rotatable bonds is 7. The number of amides is 2. The monoisotopic (exact) mass is 535 g/mol. The molecule has 8 nitrogen and oxygen atoms in total. The van der Waals surface area contributed by atoms with Crippen LogP contribution in [0.4, 0.5) is 25.0 Å². The Bertz CT molecular complexity index is 1350. The summed E-state index contributed by atoms with van der Waals surface area (Å²) in [5.74, 6) is -10.4. The fourth-order valence-electron chi connectivity index (χ4n) is 3.76. The van der Waals surface area contributed by atoms with Crippen LogP contribution in [0.25, 0.3) is 10.6 Å². The Morgan fingerprint density at radius 3 is 2.47 bits per heavy atom. The van der Waals surface area contributed by atoms with E-state index in [0.717, 1.165) is 0 Å². The normalized spacial score (nSPS) is 18.7. The molecule has 3 aromatic rings. The van der Waals surface area contributed by atoms with Crippen molar-refractivity contribution < 1.29 is 33.0 Å². The number of aliphatic carboxylic acids is 1. The van der Waals surface area contributed by atoms with Crippen molar-refractivity contribution >= 4 is 52.3 Å². The van der Waals surface area contributed by atoms with Gasteiger partial charge in [0.1, 0.15) is 17.9 Å². The number of halogens is 3. The van der Waals surface area contributed by atoms with E-state index in [1.165, 1.54) is 17.4 Å². The zero-order valence-corrected chi connectivity index (χ0v) is 20.5. The predicted molar refractivity (Wildman–Crippen MR) is 130 cm³/mol. The van der Waals surface area contributed by atoms with Crippen LogP contribution in [0.1, 0.15) is 24.3 Å². The highest BCUT2D eigenvalue weighted by atomic mass is 35.5. The molecule has 0 spiro atoms. The molecule has 188 valence electrons. The highest BCUT2D eigenvalue weighted by Gasteiger charge is 2.76. The number of anilines is 2. The van der Waals surface area contributed by atoms with Crippen LogP contribution >= 0.6 is 22.9 Å². The maximum Gasteiger partial charge on any atom is 0.412 e. The molecule has 3 unspecified atom stereocenters. The Labute approximate surface area is 213 Å². The predicted octanol–water partition coefficient (Wildman–Crippen LogP) is 5.99. The molecule has 3 N–H and O–H groups in total. The number of benzene rings is 1. The molecule has 1 aliphatic rings. The third kappa shape index (κ3) is 5.02. The molecule has 2 heterocycles. The van der Waals surface area contributed by atoms with E-state index in [1.54, 1.807) is 55.6 Å². The second-order valence-corrected chi connectivity index (χ2v) is 9.47. The number of carbonyl (C=O) groups is 3. The van der Waals surface area contributed by atoms with Crippen LogP contribution in [0.15, 0.2) is 47.8 Å². The number of alkyl halides is 2. The average Bonchev–Trinajstić information content (AvgIpc) is 3.13. The molecule has 3 atom stereocenters. The summed E-state index contributed by atoms with van der Waals surface area (Å²) in [6.45, 7) is 3.27. The van der Waals surface area contributed by atoms with Gasteiger partial charge in [-0.15, -0.1) is 11.3 Å². The summed E-state index contributed by atoms with van der Waals surface area (Å²) in [6, 6.07) is 11.7. The fraction of sp³-hybridized carbons (Fsp3) is 0.250. The van der Waals surface area contributed by atoms with Crippen LogP contribution in [0.3, 0.4) is 0 Å². The summed E-state index contributed by atoms with van der Waals surface area (Å²) in [4.78, 5) is 40.6. The van der Waals surface area contributed by atoms with Gasteiger partial charge in [-0.1, -0.05) is 29.8 Å². The number of aryl methyl sites for hydroxylation is 1. The van der Waals surface area contributed by atoms with E-state index in [9.17, 15) is 23.2 Å². The van der Waals surface area contributed by atoms with Crippen LogP contribution in [0, 0.1) is 18.8 Å². The van der Waals surface area contributed by atoms with E-state index < -0.39 is 41.8 Å². The summed E-state index contributed by atoms with van der Waals surface area (Å²) in [5, 5.41) is 16.1. The highest BCUT2D eigenvalue weighted by molar-refractivity contribution is 7.14. The Hall–Kier alpha value is -3.57. The Balaban J connectivity index is 1.44. The Kier molecular flexibility index (Phi) is 6.96. The molecule has 0 aliphatic heterocycles. The molecule has 2 aromatic heterocycles.